The molecule has 270 valence electrons. The number of hydrogen-bond acceptors (Lipinski definition) is 4. The van der Waals surface area contributed by atoms with Gasteiger partial charge in [-0.15, -0.1) is 0 Å². The van der Waals surface area contributed by atoms with E-state index in [1.165, 1.54) is 0 Å². The molecule has 1 N–H and O–H groups in total. The number of carboxylic acid groups (broad SMARTS) is 1. The lowest BCUT2D eigenvalue weighted by molar-refractivity contribution is 0.0686. The Morgan fingerprint density at radius 3 is 2.29 bits per heavy atom. The number of hydrogen-bond donors (Lipinski definition) is 1. The molecule has 0 bridgehead atoms. The number of fused-ring (bicyclic) bond motifs is 4. The fourth-order valence-electron chi connectivity index (χ4n) is 8.34. The lowest BCUT2D eigenvalue weighted by atomic mass is 9.98. The average Bonchev–Trinajstić information content (AvgIpc) is 3.64. The van der Waals surface area contributed by atoms with Crippen LogP contribution in [0.3, 0.4) is 0 Å². The van der Waals surface area contributed by atoms with Crippen LogP contribution in [0.25, 0.3) is 32.9 Å². The molecule has 11 heteroatoms. The van der Waals surface area contributed by atoms with Gasteiger partial charge in [0, 0.05) is 59.3 Å². The lowest BCUT2D eigenvalue weighted by Crippen LogP contribution is -2.43. The second-order valence-corrected chi connectivity index (χ2v) is 15.1. The van der Waals surface area contributed by atoms with E-state index in [1.807, 2.05) is 94.6 Å². The molecule has 1 amide bonds. The van der Waals surface area contributed by atoms with Crippen LogP contribution in [-0.4, -0.2) is 49.0 Å². The van der Waals surface area contributed by atoms with Gasteiger partial charge in [-0.3, -0.25) is 9.48 Å². The molecule has 6 aromatic rings. The Kier molecular flexibility index (Phi) is 8.94. The monoisotopic (exact) mass is 739 g/mol. The molecule has 1 aliphatic rings. The molecular weight excluding hydrogens is 697 g/mol. The molecule has 52 heavy (non-hydrogen) atoms. The van der Waals surface area contributed by atoms with E-state index < -0.39 is 5.97 Å². The van der Waals surface area contributed by atoms with Crippen LogP contribution in [0.2, 0.25) is 10.0 Å². The average molecular weight is 741 g/mol. The molecular formula is C41H43Cl2N5O4. The third kappa shape index (κ3) is 5.48. The minimum Gasteiger partial charge on any atom is -0.494 e. The van der Waals surface area contributed by atoms with Gasteiger partial charge in [-0.1, -0.05) is 29.3 Å². The van der Waals surface area contributed by atoms with Crippen LogP contribution < -0.4 is 9.64 Å². The molecule has 0 spiro atoms. The van der Waals surface area contributed by atoms with Gasteiger partial charge in [-0.25, -0.2) is 4.79 Å². The summed E-state index contributed by atoms with van der Waals surface area (Å²) in [5.41, 5.74) is 11.3. The summed E-state index contributed by atoms with van der Waals surface area (Å²) >= 11 is 13.5. The first-order chi connectivity index (χ1) is 24.6. The number of aryl methyl sites for hydroxylation is 8. The Morgan fingerprint density at radius 2 is 1.65 bits per heavy atom. The smallest absolute Gasteiger partial charge is 0.352 e. The predicted octanol–water partition coefficient (Wildman–Crippen LogP) is 9.62. The second-order valence-electron chi connectivity index (χ2n) is 14.3. The van der Waals surface area contributed by atoms with Gasteiger partial charge in [0.1, 0.15) is 17.1 Å². The topological polar surface area (TPSA) is 94.5 Å². The quantitative estimate of drug-likeness (QED) is 0.157. The summed E-state index contributed by atoms with van der Waals surface area (Å²) in [5, 5.41) is 18.0. The maximum atomic E-state index is 15.2. The number of nitrogens with zero attached hydrogens (tertiary/aromatic N) is 5. The summed E-state index contributed by atoms with van der Waals surface area (Å²) in [4.78, 5) is 29.4. The Labute approximate surface area is 313 Å². The summed E-state index contributed by atoms with van der Waals surface area (Å²) < 4.78 is 12.0. The van der Waals surface area contributed by atoms with E-state index in [0.29, 0.717) is 48.0 Å². The zero-order valence-electron chi connectivity index (χ0n) is 31.0. The number of carbonyl (C=O) groups is 2. The Morgan fingerprint density at radius 1 is 0.962 bits per heavy atom. The second kappa shape index (κ2) is 13.0. The largest absolute Gasteiger partial charge is 0.494 e. The van der Waals surface area contributed by atoms with Crippen molar-refractivity contribution in [2.24, 2.45) is 14.1 Å². The van der Waals surface area contributed by atoms with Crippen molar-refractivity contribution in [1.82, 2.24) is 18.9 Å². The van der Waals surface area contributed by atoms with Crippen LogP contribution in [0, 0.1) is 41.5 Å². The summed E-state index contributed by atoms with van der Waals surface area (Å²) in [5.74, 6) is -0.381. The van der Waals surface area contributed by atoms with Crippen molar-refractivity contribution in [1.29, 1.82) is 0 Å². The van der Waals surface area contributed by atoms with Crippen molar-refractivity contribution in [3.63, 3.8) is 0 Å². The van der Waals surface area contributed by atoms with Crippen LogP contribution in [0.5, 0.6) is 5.75 Å². The minimum absolute atomic E-state index is 0.140. The van der Waals surface area contributed by atoms with Gasteiger partial charge in [0.15, 0.2) is 0 Å². The zero-order chi connectivity index (χ0) is 37.5. The molecule has 1 aliphatic heterocycles. The number of carboxylic acids is 1. The molecule has 0 fully saturated rings. The first-order valence-electron chi connectivity index (χ1n) is 17.5. The van der Waals surface area contributed by atoms with Gasteiger partial charge in [-0.05, 0) is 119 Å². The van der Waals surface area contributed by atoms with Crippen molar-refractivity contribution in [2.75, 3.05) is 18.1 Å². The van der Waals surface area contributed by atoms with Gasteiger partial charge in [0.2, 0.25) is 0 Å². The van der Waals surface area contributed by atoms with Crippen molar-refractivity contribution in [3.8, 4) is 16.9 Å². The Hall–Kier alpha value is -4.73. The number of halogens is 2. The first-order valence-corrected chi connectivity index (χ1v) is 18.3. The third-order valence-corrected chi connectivity index (χ3v) is 11.6. The molecule has 4 heterocycles. The van der Waals surface area contributed by atoms with Gasteiger partial charge in [0.25, 0.3) is 5.91 Å². The molecule has 0 radical (unpaired) electrons. The van der Waals surface area contributed by atoms with E-state index in [9.17, 15) is 9.90 Å². The molecule has 0 saturated heterocycles. The number of rotatable bonds is 8. The minimum atomic E-state index is -1.00. The number of amides is 1. The van der Waals surface area contributed by atoms with Gasteiger partial charge in [-0.2, -0.15) is 5.10 Å². The Balaban J connectivity index is 1.41. The van der Waals surface area contributed by atoms with Crippen molar-refractivity contribution >= 4 is 62.6 Å². The van der Waals surface area contributed by atoms with Gasteiger partial charge >= 0.3 is 5.97 Å². The van der Waals surface area contributed by atoms with E-state index >= 15 is 4.79 Å². The third-order valence-electron chi connectivity index (χ3n) is 10.7. The van der Waals surface area contributed by atoms with Gasteiger partial charge in [0.05, 0.1) is 34.0 Å². The molecule has 7 rings (SSSR count). The molecule has 0 unspecified atom stereocenters. The van der Waals surface area contributed by atoms with Crippen molar-refractivity contribution < 1.29 is 19.4 Å². The predicted molar refractivity (Wildman–Crippen MR) is 209 cm³/mol. The highest BCUT2D eigenvalue weighted by molar-refractivity contribution is 6.35. The summed E-state index contributed by atoms with van der Waals surface area (Å²) in [7, 11) is 3.69. The zero-order valence-corrected chi connectivity index (χ0v) is 32.5. The molecule has 0 saturated carbocycles. The van der Waals surface area contributed by atoms with E-state index in [0.717, 1.165) is 77.3 Å². The first kappa shape index (κ1) is 35.7. The molecule has 3 aromatic carbocycles. The normalized spacial score (nSPS) is 14.6. The van der Waals surface area contributed by atoms with Crippen LogP contribution >= 0.6 is 23.2 Å². The fourth-order valence-corrected chi connectivity index (χ4v) is 8.69. The van der Waals surface area contributed by atoms with E-state index in [1.54, 1.807) is 11.6 Å². The highest BCUT2D eigenvalue weighted by Gasteiger charge is 2.38. The van der Waals surface area contributed by atoms with Crippen LogP contribution in [0.1, 0.15) is 79.6 Å². The van der Waals surface area contributed by atoms with Gasteiger partial charge < -0.3 is 23.9 Å². The van der Waals surface area contributed by atoms with Crippen LogP contribution in [0.15, 0.2) is 36.4 Å². The van der Waals surface area contributed by atoms with Crippen LogP contribution in [0.4, 0.5) is 5.69 Å². The number of carbonyl (C=O) groups excluding carboxylic acids is 1. The number of ether oxygens (including phenoxy) is 1. The van der Waals surface area contributed by atoms with E-state index in [-0.39, 0.29) is 17.6 Å². The number of aromatic carboxylic acids is 1. The SMILES string of the molecule is Cc1cc(N2C[C@@H](C)n3c(c(CCCOc4cc(C)c(Cl)c(C)c4)c4ccc(Cl)c(-c5c(C)nn(C)c5C)c43)C2=O)c2c(c1)c(C)c(C(=O)O)n2C. The van der Waals surface area contributed by atoms with Crippen molar-refractivity contribution in [3.05, 3.63) is 97.0 Å². The molecule has 1 atom stereocenters. The van der Waals surface area contributed by atoms with Crippen LogP contribution in [-0.2, 0) is 20.5 Å². The summed E-state index contributed by atoms with van der Waals surface area (Å²) in [6.07, 6.45) is 1.24. The summed E-state index contributed by atoms with van der Waals surface area (Å²) in [6.45, 7) is 14.7. The fraction of sp³-hybridized carbons (Fsp3) is 0.341. The summed E-state index contributed by atoms with van der Waals surface area (Å²) in [6, 6.07) is 11.7. The Bertz CT molecular complexity index is 2460. The molecule has 9 nitrogen and oxygen atoms in total. The standard InChI is InChI=1S/C41H43Cl2N5O4/c1-20-15-30-24(5)36(41(50)51)45(8)37(30)32(16-20)47-19-23(4)48-38-29(12-13-31(42)34(38)33-25(6)44-46(9)26(33)7)28(39(48)40(47)49)11-10-14-52-27-17-21(2)35(43)22(3)18-27/h12-13,15-18,23H,10-11,14,19H2,1-9H3,(H,50,51)/t23-/m1/s1. The molecule has 3 aromatic heterocycles. The maximum Gasteiger partial charge on any atom is 0.352 e. The lowest BCUT2D eigenvalue weighted by Gasteiger charge is -2.35. The molecule has 0 aliphatic carbocycles. The number of benzene rings is 3. The number of anilines is 1. The highest BCUT2D eigenvalue weighted by Crippen LogP contribution is 2.46. The van der Waals surface area contributed by atoms with E-state index in [4.69, 9.17) is 33.0 Å². The van der Waals surface area contributed by atoms with E-state index in [2.05, 4.69) is 11.5 Å². The maximum absolute atomic E-state index is 15.2. The van der Waals surface area contributed by atoms with Crippen molar-refractivity contribution in [2.45, 2.75) is 67.3 Å². The highest BCUT2D eigenvalue weighted by atomic mass is 35.5. The number of aromatic nitrogens is 4.